The van der Waals surface area contributed by atoms with Gasteiger partial charge < -0.3 is 19.5 Å². The molecule has 1 aromatic rings. The zero-order valence-corrected chi connectivity index (χ0v) is 17.4. The van der Waals surface area contributed by atoms with Crippen molar-refractivity contribution in [3.63, 3.8) is 0 Å². The van der Waals surface area contributed by atoms with Gasteiger partial charge in [0, 0.05) is 31.5 Å². The Morgan fingerprint density at radius 1 is 1.37 bits per heavy atom. The zero-order chi connectivity index (χ0) is 20.9. The fraction of sp³-hybridized carbons (Fsp3) is 0.565. The highest BCUT2D eigenvalue weighted by molar-refractivity contribution is 5.86. The van der Waals surface area contributed by atoms with Crippen LogP contribution in [0.5, 0.6) is 0 Å². The fourth-order valence-electron chi connectivity index (χ4n) is 7.51. The predicted molar refractivity (Wildman–Crippen MR) is 107 cm³/mol. The van der Waals surface area contributed by atoms with Crippen LogP contribution in [0.4, 0.5) is 5.69 Å². The van der Waals surface area contributed by atoms with Crippen LogP contribution in [0.2, 0.25) is 0 Å². The molecule has 7 nitrogen and oxygen atoms in total. The molecule has 3 saturated heterocycles. The molecule has 0 radical (unpaired) electrons. The van der Waals surface area contributed by atoms with E-state index in [2.05, 4.69) is 22.4 Å². The smallest absolute Gasteiger partial charge is 0.317 e. The maximum atomic E-state index is 13.8. The van der Waals surface area contributed by atoms with Gasteiger partial charge >= 0.3 is 11.9 Å². The van der Waals surface area contributed by atoms with Crippen LogP contribution in [0.3, 0.4) is 0 Å². The summed E-state index contributed by atoms with van der Waals surface area (Å²) in [6.07, 6.45) is 3.45. The van der Waals surface area contributed by atoms with E-state index in [0.29, 0.717) is 6.42 Å². The van der Waals surface area contributed by atoms with E-state index in [-0.39, 0.29) is 30.8 Å². The SMILES string of the molecule is C/C=C1/CN2[C@@H]3C[C@@]45c6ccccc6N[C@]4(O3)[C@@H]2C[C@@H]1[C@@]5(COC(C)=O)C(=O)OC. The van der Waals surface area contributed by atoms with Gasteiger partial charge in [0.1, 0.15) is 18.2 Å². The molecule has 30 heavy (non-hydrogen) atoms. The molecular weight excluding hydrogens is 384 g/mol. The second kappa shape index (κ2) is 5.65. The molecule has 1 saturated carbocycles. The molecule has 4 aliphatic heterocycles. The number of fused-ring (bicyclic) bond motifs is 4. The van der Waals surface area contributed by atoms with Crippen molar-refractivity contribution in [3.05, 3.63) is 41.5 Å². The van der Waals surface area contributed by atoms with Crippen LogP contribution in [0.15, 0.2) is 35.9 Å². The van der Waals surface area contributed by atoms with Gasteiger partial charge in [0.25, 0.3) is 0 Å². The van der Waals surface area contributed by atoms with Crippen LogP contribution < -0.4 is 5.32 Å². The Morgan fingerprint density at radius 2 is 2.17 bits per heavy atom. The summed E-state index contributed by atoms with van der Waals surface area (Å²) in [5.74, 6) is -0.804. The third-order valence-corrected chi connectivity index (χ3v) is 8.44. The van der Waals surface area contributed by atoms with E-state index in [0.717, 1.165) is 24.2 Å². The Morgan fingerprint density at radius 3 is 2.90 bits per heavy atom. The molecule has 0 amide bonds. The van der Waals surface area contributed by atoms with Crippen LogP contribution >= 0.6 is 0 Å². The summed E-state index contributed by atoms with van der Waals surface area (Å²) in [5, 5.41) is 3.70. The lowest BCUT2D eigenvalue weighted by molar-refractivity contribution is -0.196. The van der Waals surface area contributed by atoms with Crippen molar-refractivity contribution in [1.29, 1.82) is 0 Å². The van der Waals surface area contributed by atoms with Gasteiger partial charge in [-0.2, -0.15) is 0 Å². The molecule has 1 spiro atoms. The molecule has 4 bridgehead atoms. The minimum absolute atomic E-state index is 0.0163. The third kappa shape index (κ3) is 1.70. The Labute approximate surface area is 175 Å². The molecule has 0 unspecified atom stereocenters. The van der Waals surface area contributed by atoms with E-state index in [4.69, 9.17) is 14.2 Å². The van der Waals surface area contributed by atoms with E-state index < -0.39 is 22.5 Å². The number of methoxy groups -OCH3 is 1. The summed E-state index contributed by atoms with van der Waals surface area (Å²) in [6, 6.07) is 8.28. The minimum Gasteiger partial charge on any atom is -0.468 e. The number of carbonyl (C=O) groups is 2. The second-order valence-corrected chi connectivity index (χ2v) is 9.17. The summed E-state index contributed by atoms with van der Waals surface area (Å²) in [6.45, 7) is 4.15. The number of esters is 2. The number of nitrogens with zero attached hydrogens (tertiary/aromatic N) is 1. The van der Waals surface area contributed by atoms with Gasteiger partial charge in [0.2, 0.25) is 0 Å². The number of anilines is 1. The summed E-state index contributed by atoms with van der Waals surface area (Å²) in [4.78, 5) is 28.2. The average Bonchev–Trinajstić information content (AvgIpc) is 3.35. The van der Waals surface area contributed by atoms with Gasteiger partial charge in [-0.25, -0.2) is 0 Å². The van der Waals surface area contributed by atoms with Gasteiger partial charge in [-0.3, -0.25) is 14.5 Å². The number of para-hydroxylation sites is 1. The number of rotatable bonds is 3. The first-order valence-corrected chi connectivity index (χ1v) is 10.6. The van der Waals surface area contributed by atoms with Crippen LogP contribution in [-0.4, -0.2) is 55.1 Å². The highest BCUT2D eigenvalue weighted by atomic mass is 16.6. The van der Waals surface area contributed by atoms with E-state index in [1.807, 2.05) is 25.1 Å². The first-order chi connectivity index (χ1) is 14.4. The van der Waals surface area contributed by atoms with Gasteiger partial charge in [-0.05, 0) is 25.0 Å². The second-order valence-electron chi connectivity index (χ2n) is 9.17. The maximum Gasteiger partial charge on any atom is 0.317 e. The maximum absolute atomic E-state index is 13.8. The van der Waals surface area contributed by atoms with E-state index in [1.165, 1.54) is 19.6 Å². The number of hydrogen-bond acceptors (Lipinski definition) is 7. The topological polar surface area (TPSA) is 77.1 Å². The largest absolute Gasteiger partial charge is 0.468 e. The van der Waals surface area contributed by atoms with Crippen LogP contribution in [0.25, 0.3) is 0 Å². The third-order valence-electron chi connectivity index (χ3n) is 8.44. The highest BCUT2D eigenvalue weighted by Crippen LogP contribution is 2.76. The summed E-state index contributed by atoms with van der Waals surface area (Å²) in [5.41, 5.74) is 0.775. The molecule has 1 aromatic carbocycles. The molecule has 1 N–H and O–H groups in total. The molecular formula is C23H26N2O5. The Kier molecular flexibility index (Phi) is 3.46. The van der Waals surface area contributed by atoms with Crippen LogP contribution in [-0.2, 0) is 29.2 Å². The van der Waals surface area contributed by atoms with Crippen molar-refractivity contribution in [2.75, 3.05) is 25.6 Å². The first kappa shape index (κ1) is 18.4. The normalized spacial score (nSPS) is 43.3. The van der Waals surface area contributed by atoms with Gasteiger partial charge in [0.15, 0.2) is 5.72 Å². The van der Waals surface area contributed by atoms with Crippen molar-refractivity contribution in [2.24, 2.45) is 11.3 Å². The van der Waals surface area contributed by atoms with Crippen molar-refractivity contribution in [1.82, 2.24) is 4.90 Å². The van der Waals surface area contributed by atoms with E-state index >= 15 is 0 Å². The zero-order valence-electron chi connectivity index (χ0n) is 17.4. The molecule has 4 heterocycles. The number of allylic oxidation sites excluding steroid dienone is 1. The van der Waals surface area contributed by atoms with Gasteiger partial charge in [0.05, 0.1) is 18.6 Å². The number of nitrogens with one attached hydrogen (secondary N) is 1. The molecule has 6 rings (SSSR count). The number of piperidine rings is 2. The van der Waals surface area contributed by atoms with Crippen LogP contribution in [0.1, 0.15) is 32.3 Å². The van der Waals surface area contributed by atoms with Crippen LogP contribution in [0, 0.1) is 11.3 Å². The van der Waals surface area contributed by atoms with E-state index in [1.54, 1.807) is 0 Å². The minimum atomic E-state index is -1.06. The quantitative estimate of drug-likeness (QED) is 0.605. The lowest BCUT2D eigenvalue weighted by Crippen LogP contribution is -2.78. The lowest BCUT2D eigenvalue weighted by atomic mass is 9.42. The van der Waals surface area contributed by atoms with Crippen molar-refractivity contribution < 1.29 is 23.8 Å². The van der Waals surface area contributed by atoms with E-state index in [9.17, 15) is 9.59 Å². The number of carbonyl (C=O) groups excluding carboxylic acids is 2. The molecule has 7 heteroatoms. The lowest BCUT2D eigenvalue weighted by Gasteiger charge is -2.64. The Balaban J connectivity index is 1.69. The number of benzene rings is 1. The predicted octanol–water partition coefficient (Wildman–Crippen LogP) is 2.18. The molecule has 5 aliphatic rings. The Bertz CT molecular complexity index is 1010. The molecule has 4 fully saturated rings. The number of ether oxygens (including phenoxy) is 3. The Hall–Kier alpha value is -2.38. The summed E-state index contributed by atoms with van der Waals surface area (Å²) >= 11 is 0. The molecule has 0 aromatic heterocycles. The summed E-state index contributed by atoms with van der Waals surface area (Å²) < 4.78 is 17.9. The summed E-state index contributed by atoms with van der Waals surface area (Å²) in [7, 11) is 1.43. The van der Waals surface area contributed by atoms with Crippen molar-refractivity contribution in [3.8, 4) is 0 Å². The molecule has 6 atom stereocenters. The first-order valence-electron chi connectivity index (χ1n) is 10.6. The molecule has 1 aliphatic carbocycles. The van der Waals surface area contributed by atoms with Gasteiger partial charge in [-0.15, -0.1) is 0 Å². The number of hydrogen-bond donors (Lipinski definition) is 1. The van der Waals surface area contributed by atoms with Crippen molar-refractivity contribution >= 4 is 17.6 Å². The monoisotopic (exact) mass is 410 g/mol. The standard InChI is InChI=1S/C23H26N2O5/c1-4-14-11-25-18-9-16(14)21(20(27)28-3,12-29-13(2)26)22-10-19(25)30-23(18,22)24-17-8-6-5-7-15(17)22/h4-8,16,18-19,24H,9-12H2,1-3H3/b14-4-/t16-,18-,19-,21-,22-,23-/m0/s1. The highest BCUT2D eigenvalue weighted by Gasteiger charge is 2.87. The van der Waals surface area contributed by atoms with Crippen molar-refractivity contribution in [2.45, 2.75) is 50.1 Å². The fourth-order valence-corrected chi connectivity index (χ4v) is 7.51. The average molecular weight is 410 g/mol. The van der Waals surface area contributed by atoms with Gasteiger partial charge in [-0.1, -0.05) is 29.8 Å². The molecule has 158 valence electrons.